The molecule has 0 aliphatic carbocycles. The highest BCUT2D eigenvalue weighted by atomic mass is 19.3. The molecule has 1 heterocycles. The summed E-state index contributed by atoms with van der Waals surface area (Å²) in [6.07, 6.45) is 2.13. The molecule has 1 aliphatic rings. The van der Waals surface area contributed by atoms with Gasteiger partial charge in [0.1, 0.15) is 5.75 Å². The molecule has 1 aromatic carbocycles. The van der Waals surface area contributed by atoms with Crippen LogP contribution in [0.1, 0.15) is 12.0 Å². The third-order valence-electron chi connectivity index (χ3n) is 2.60. The number of hydrogen-bond acceptors (Lipinski definition) is 4. The highest BCUT2D eigenvalue weighted by molar-refractivity contribution is 6.41. The van der Waals surface area contributed by atoms with Crippen LogP contribution in [0.2, 0.25) is 0 Å². The molecule has 20 heavy (non-hydrogen) atoms. The molecule has 104 valence electrons. The van der Waals surface area contributed by atoms with Gasteiger partial charge in [0.05, 0.1) is 5.70 Å². The fraction of sp³-hybridized carbons (Fsp3) is 0.231. The Balaban J connectivity index is 1.91. The van der Waals surface area contributed by atoms with Crippen LogP contribution < -0.4 is 4.74 Å². The zero-order chi connectivity index (χ0) is 14.5. The second kappa shape index (κ2) is 6.14. The average molecular weight is 280 g/mol. The zero-order valence-electron chi connectivity index (χ0n) is 10.3. The number of nitrogens with zero attached hydrogens (tertiary/aromatic N) is 2. The van der Waals surface area contributed by atoms with Gasteiger partial charge >= 0.3 is 12.5 Å². The van der Waals surface area contributed by atoms with E-state index in [-0.39, 0.29) is 5.75 Å². The molecule has 0 spiro atoms. The van der Waals surface area contributed by atoms with Crippen molar-refractivity contribution in [3.8, 4) is 5.75 Å². The number of hydrogen-bond donors (Lipinski definition) is 0. The number of aryl methyl sites for hydroxylation is 1. The third kappa shape index (κ3) is 3.78. The van der Waals surface area contributed by atoms with Crippen LogP contribution in [-0.2, 0) is 16.0 Å². The Labute approximate surface area is 113 Å². The van der Waals surface area contributed by atoms with Gasteiger partial charge in [0.15, 0.2) is 0 Å². The normalized spacial score (nSPS) is 14.7. The topological polar surface area (TPSA) is 68.1 Å². The molecule has 1 aliphatic heterocycles. The summed E-state index contributed by atoms with van der Waals surface area (Å²) in [5.41, 5.74) is 1.29. The molecule has 0 N–H and O–H groups in total. The first-order chi connectivity index (χ1) is 9.54. The number of carbonyl (C=O) groups excluding carboxylic acids is 2. The Morgan fingerprint density at radius 3 is 2.35 bits per heavy atom. The maximum atomic E-state index is 12.0. The summed E-state index contributed by atoms with van der Waals surface area (Å²) >= 11 is 0. The maximum Gasteiger partial charge on any atom is 0.387 e. The van der Waals surface area contributed by atoms with Crippen molar-refractivity contribution >= 4 is 11.7 Å². The molecule has 0 aromatic heterocycles. The molecule has 0 unspecified atom stereocenters. The molecule has 0 fully saturated rings. The summed E-state index contributed by atoms with van der Waals surface area (Å²) in [6, 6.07) is 6.16. The van der Waals surface area contributed by atoms with E-state index >= 15 is 0 Å². The Kier molecular flexibility index (Phi) is 4.29. The van der Waals surface area contributed by atoms with E-state index in [0.29, 0.717) is 18.5 Å². The van der Waals surface area contributed by atoms with E-state index in [1.807, 2.05) is 0 Å². The predicted octanol–water partition coefficient (Wildman–Crippen LogP) is 2.67. The van der Waals surface area contributed by atoms with Crippen molar-refractivity contribution in [1.29, 1.82) is 0 Å². The largest absolute Gasteiger partial charge is 0.435 e. The lowest BCUT2D eigenvalue weighted by Gasteiger charge is -2.06. The molecule has 0 bridgehead atoms. The molecule has 0 atom stereocenters. The Morgan fingerprint density at radius 1 is 1.05 bits per heavy atom. The number of benzene rings is 1. The molecular formula is C13H10F2N2O3. The van der Waals surface area contributed by atoms with Crippen LogP contribution in [0.25, 0.3) is 0 Å². The fourth-order valence-corrected chi connectivity index (χ4v) is 1.63. The number of azo groups is 1. The standard InChI is InChI=1S/C13H10F2N2O3/c14-13(15)20-10-5-2-8(3-6-10)1-4-9-7-11(18)12(19)17-16-9/h2-3,5-7,13H,1,4H2. The van der Waals surface area contributed by atoms with Crippen LogP contribution in [0.4, 0.5) is 8.78 Å². The number of halogens is 2. The number of allylic oxidation sites excluding steroid dienone is 1. The van der Waals surface area contributed by atoms with Gasteiger partial charge in [-0.15, -0.1) is 5.11 Å². The van der Waals surface area contributed by atoms with Crippen LogP contribution in [0.3, 0.4) is 0 Å². The van der Waals surface area contributed by atoms with Gasteiger partial charge in [-0.05, 0) is 30.5 Å². The molecule has 2 rings (SSSR count). The lowest BCUT2D eigenvalue weighted by Crippen LogP contribution is -2.11. The smallest absolute Gasteiger partial charge is 0.387 e. The molecule has 0 radical (unpaired) electrons. The van der Waals surface area contributed by atoms with E-state index in [1.54, 1.807) is 12.1 Å². The van der Waals surface area contributed by atoms with Gasteiger partial charge in [-0.1, -0.05) is 12.1 Å². The van der Waals surface area contributed by atoms with Crippen molar-refractivity contribution in [2.75, 3.05) is 0 Å². The van der Waals surface area contributed by atoms with Crippen LogP contribution in [-0.4, -0.2) is 18.3 Å². The van der Waals surface area contributed by atoms with Crippen molar-refractivity contribution < 1.29 is 23.1 Å². The van der Waals surface area contributed by atoms with Crippen molar-refractivity contribution in [1.82, 2.24) is 0 Å². The van der Waals surface area contributed by atoms with E-state index in [1.165, 1.54) is 12.1 Å². The SMILES string of the molecule is O=C1C=C(CCc2ccc(OC(F)F)cc2)N=NC1=O. The van der Waals surface area contributed by atoms with E-state index in [4.69, 9.17) is 0 Å². The van der Waals surface area contributed by atoms with E-state index in [0.717, 1.165) is 11.6 Å². The summed E-state index contributed by atoms with van der Waals surface area (Å²) in [4.78, 5) is 21.9. The van der Waals surface area contributed by atoms with Crippen molar-refractivity contribution in [3.05, 3.63) is 41.6 Å². The maximum absolute atomic E-state index is 12.0. The quantitative estimate of drug-likeness (QED) is 0.779. The van der Waals surface area contributed by atoms with Gasteiger partial charge in [0.25, 0.3) is 0 Å². The van der Waals surface area contributed by atoms with Crippen molar-refractivity contribution in [3.63, 3.8) is 0 Å². The zero-order valence-corrected chi connectivity index (χ0v) is 10.3. The highest BCUT2D eigenvalue weighted by Crippen LogP contribution is 2.18. The lowest BCUT2D eigenvalue weighted by atomic mass is 10.1. The van der Waals surface area contributed by atoms with Gasteiger partial charge in [-0.2, -0.15) is 13.9 Å². The van der Waals surface area contributed by atoms with Gasteiger partial charge in [-0.25, -0.2) is 0 Å². The molecule has 1 aromatic rings. The minimum atomic E-state index is -2.85. The van der Waals surface area contributed by atoms with Crippen LogP contribution in [0.5, 0.6) is 5.75 Å². The molecule has 5 nitrogen and oxygen atoms in total. The first-order valence-corrected chi connectivity index (χ1v) is 5.79. The highest BCUT2D eigenvalue weighted by Gasteiger charge is 2.16. The molecule has 1 amide bonds. The Morgan fingerprint density at radius 2 is 1.75 bits per heavy atom. The van der Waals surface area contributed by atoms with Gasteiger partial charge in [-0.3, -0.25) is 9.59 Å². The van der Waals surface area contributed by atoms with E-state index in [9.17, 15) is 18.4 Å². The molecular weight excluding hydrogens is 270 g/mol. The van der Waals surface area contributed by atoms with E-state index in [2.05, 4.69) is 15.0 Å². The van der Waals surface area contributed by atoms with Crippen LogP contribution >= 0.6 is 0 Å². The average Bonchev–Trinajstić information content (AvgIpc) is 2.41. The molecule has 0 saturated carbocycles. The fourth-order valence-electron chi connectivity index (χ4n) is 1.63. The summed E-state index contributed by atoms with van der Waals surface area (Å²) in [7, 11) is 0. The lowest BCUT2D eigenvalue weighted by molar-refractivity contribution is -0.133. The second-order valence-electron chi connectivity index (χ2n) is 4.03. The monoisotopic (exact) mass is 280 g/mol. The van der Waals surface area contributed by atoms with Crippen molar-refractivity contribution in [2.24, 2.45) is 10.2 Å². The first kappa shape index (κ1) is 14.0. The van der Waals surface area contributed by atoms with E-state index < -0.39 is 18.3 Å². The Bertz CT molecular complexity index is 580. The Hall–Kier alpha value is -2.44. The number of carbonyl (C=O) groups is 2. The minimum absolute atomic E-state index is 0.0843. The first-order valence-electron chi connectivity index (χ1n) is 5.79. The van der Waals surface area contributed by atoms with Gasteiger partial charge in [0, 0.05) is 6.08 Å². The number of amides is 1. The number of alkyl halides is 2. The third-order valence-corrected chi connectivity index (χ3v) is 2.60. The predicted molar refractivity (Wildman–Crippen MR) is 64.3 cm³/mol. The number of rotatable bonds is 5. The summed E-state index contributed by atoms with van der Waals surface area (Å²) in [6.45, 7) is -2.85. The number of ether oxygens (including phenoxy) is 1. The van der Waals surface area contributed by atoms with Crippen LogP contribution in [0, 0.1) is 0 Å². The summed E-state index contributed by atoms with van der Waals surface area (Å²) in [5, 5.41) is 6.84. The second-order valence-corrected chi connectivity index (χ2v) is 4.03. The molecule has 7 heteroatoms. The number of ketones is 1. The van der Waals surface area contributed by atoms with Crippen molar-refractivity contribution in [2.45, 2.75) is 19.5 Å². The molecule has 0 saturated heterocycles. The minimum Gasteiger partial charge on any atom is -0.435 e. The van der Waals surface area contributed by atoms with Crippen LogP contribution in [0.15, 0.2) is 46.3 Å². The van der Waals surface area contributed by atoms with Gasteiger partial charge < -0.3 is 4.74 Å². The summed E-state index contributed by atoms with van der Waals surface area (Å²) in [5.74, 6) is -1.47. The summed E-state index contributed by atoms with van der Waals surface area (Å²) < 4.78 is 28.2. The van der Waals surface area contributed by atoms with Gasteiger partial charge in [0.2, 0.25) is 5.78 Å².